The molecular weight excluding hydrogens is 274 g/mol. The summed E-state index contributed by atoms with van der Waals surface area (Å²) in [6.07, 6.45) is 2.18. The van der Waals surface area contributed by atoms with Crippen molar-refractivity contribution in [2.45, 2.75) is 46.1 Å². The number of aliphatic hydroxyl groups is 1. The molecule has 0 saturated heterocycles. The molecule has 0 fully saturated rings. The summed E-state index contributed by atoms with van der Waals surface area (Å²) in [5, 5.41) is 10.1. The molecule has 0 unspecified atom stereocenters. The lowest BCUT2D eigenvalue weighted by Crippen LogP contribution is -2.17. The molecule has 0 atom stereocenters. The Hall–Kier alpha value is -1.87. The van der Waals surface area contributed by atoms with Crippen LogP contribution in [0.2, 0.25) is 0 Å². The second-order valence-corrected chi connectivity index (χ2v) is 6.12. The van der Waals surface area contributed by atoms with Crippen LogP contribution in [0.15, 0.2) is 36.4 Å². The molecule has 0 aliphatic rings. The van der Waals surface area contributed by atoms with Crippen molar-refractivity contribution in [3.63, 3.8) is 0 Å². The number of pyridine rings is 1. The monoisotopic (exact) mass is 299 g/mol. The van der Waals surface area contributed by atoms with E-state index in [1.165, 1.54) is 0 Å². The minimum absolute atomic E-state index is 0.740. The first-order chi connectivity index (χ1) is 10.4. The van der Waals surface area contributed by atoms with E-state index in [9.17, 15) is 5.11 Å². The number of rotatable bonds is 6. The summed E-state index contributed by atoms with van der Waals surface area (Å²) >= 11 is 0. The van der Waals surface area contributed by atoms with Crippen LogP contribution >= 0.6 is 0 Å². The summed E-state index contributed by atoms with van der Waals surface area (Å²) in [6, 6.07) is 11.9. The maximum Gasteiger partial charge on any atom is 0.119 e. The van der Waals surface area contributed by atoms with Crippen molar-refractivity contribution in [3.8, 4) is 17.0 Å². The van der Waals surface area contributed by atoms with E-state index in [1.54, 1.807) is 13.8 Å². The number of hydrogen-bond donors (Lipinski definition) is 1. The Morgan fingerprint density at radius 2 is 1.95 bits per heavy atom. The summed E-state index contributed by atoms with van der Waals surface area (Å²) in [4.78, 5) is 4.63. The molecule has 118 valence electrons. The van der Waals surface area contributed by atoms with Gasteiger partial charge in [-0.15, -0.1) is 0 Å². The Morgan fingerprint density at radius 1 is 1.18 bits per heavy atom. The highest BCUT2D eigenvalue weighted by molar-refractivity contribution is 5.61. The largest absolute Gasteiger partial charge is 0.494 e. The summed E-state index contributed by atoms with van der Waals surface area (Å²) in [7, 11) is 0. The molecule has 2 aromatic rings. The minimum atomic E-state index is -0.874. The van der Waals surface area contributed by atoms with Crippen LogP contribution in [-0.2, 0) is 5.60 Å². The molecule has 0 bridgehead atoms. The molecule has 1 N–H and O–H groups in total. The van der Waals surface area contributed by atoms with Gasteiger partial charge in [-0.05, 0) is 45.4 Å². The van der Waals surface area contributed by atoms with Gasteiger partial charge in [0.15, 0.2) is 0 Å². The Kier molecular flexibility index (Phi) is 5.19. The van der Waals surface area contributed by atoms with Crippen LogP contribution in [-0.4, -0.2) is 16.7 Å². The van der Waals surface area contributed by atoms with E-state index in [0.29, 0.717) is 0 Å². The fourth-order valence-electron chi connectivity index (χ4n) is 2.45. The van der Waals surface area contributed by atoms with E-state index in [1.807, 2.05) is 43.3 Å². The van der Waals surface area contributed by atoms with Gasteiger partial charge in [0.1, 0.15) is 5.75 Å². The Balaban J connectivity index is 2.25. The second-order valence-electron chi connectivity index (χ2n) is 6.12. The van der Waals surface area contributed by atoms with E-state index >= 15 is 0 Å². The molecular formula is C19H25NO2. The molecule has 0 aliphatic carbocycles. The van der Waals surface area contributed by atoms with Gasteiger partial charge in [-0.3, -0.25) is 4.98 Å². The van der Waals surface area contributed by atoms with E-state index in [4.69, 9.17) is 4.74 Å². The second kappa shape index (κ2) is 6.93. The number of aryl methyl sites for hydroxylation is 1. The molecule has 0 spiro atoms. The third-order valence-electron chi connectivity index (χ3n) is 3.64. The zero-order chi connectivity index (χ0) is 16.2. The molecule has 1 aromatic carbocycles. The highest BCUT2D eigenvalue weighted by Gasteiger charge is 2.19. The first-order valence-corrected chi connectivity index (χ1v) is 7.85. The van der Waals surface area contributed by atoms with Gasteiger partial charge in [0.2, 0.25) is 0 Å². The van der Waals surface area contributed by atoms with Crippen molar-refractivity contribution in [1.29, 1.82) is 0 Å². The van der Waals surface area contributed by atoms with Crippen LogP contribution in [0.1, 0.15) is 44.9 Å². The molecule has 3 heteroatoms. The number of nitrogens with zero attached hydrogens (tertiary/aromatic N) is 1. The summed E-state index contributed by atoms with van der Waals surface area (Å²) in [5.41, 5.74) is 2.75. The number of unbranched alkanes of at least 4 members (excludes halogenated alkanes) is 1. The van der Waals surface area contributed by atoms with Crippen molar-refractivity contribution >= 4 is 0 Å². The lowest BCUT2D eigenvalue weighted by Gasteiger charge is -2.20. The highest BCUT2D eigenvalue weighted by atomic mass is 16.5. The van der Waals surface area contributed by atoms with Crippen LogP contribution in [0.5, 0.6) is 5.75 Å². The van der Waals surface area contributed by atoms with Crippen molar-refractivity contribution < 1.29 is 9.84 Å². The van der Waals surface area contributed by atoms with Gasteiger partial charge in [-0.1, -0.05) is 31.5 Å². The van der Waals surface area contributed by atoms with E-state index in [2.05, 4.69) is 11.9 Å². The van der Waals surface area contributed by atoms with Gasteiger partial charge in [-0.2, -0.15) is 0 Å². The predicted octanol–water partition coefficient (Wildman–Crippen LogP) is 4.46. The van der Waals surface area contributed by atoms with Crippen LogP contribution in [0, 0.1) is 6.92 Å². The fraction of sp³-hybridized carbons (Fsp3) is 0.421. The Morgan fingerprint density at radius 3 is 2.59 bits per heavy atom. The first-order valence-electron chi connectivity index (χ1n) is 7.85. The van der Waals surface area contributed by atoms with E-state index in [-0.39, 0.29) is 0 Å². The molecule has 3 nitrogen and oxygen atoms in total. The highest BCUT2D eigenvalue weighted by Crippen LogP contribution is 2.27. The Labute approximate surface area is 133 Å². The van der Waals surface area contributed by atoms with Crippen LogP contribution in [0.3, 0.4) is 0 Å². The van der Waals surface area contributed by atoms with Gasteiger partial charge in [0, 0.05) is 16.8 Å². The number of aromatic nitrogens is 1. The zero-order valence-electron chi connectivity index (χ0n) is 13.9. The number of hydrogen-bond acceptors (Lipinski definition) is 3. The van der Waals surface area contributed by atoms with Gasteiger partial charge in [0.25, 0.3) is 0 Å². The molecule has 0 aliphatic heterocycles. The molecule has 0 radical (unpaired) electrons. The molecule has 0 amide bonds. The zero-order valence-corrected chi connectivity index (χ0v) is 13.9. The SMILES string of the molecule is CCCCOc1cccc(-c2ccc(C(C)(C)O)c(C)n2)c1. The fourth-order valence-corrected chi connectivity index (χ4v) is 2.45. The predicted molar refractivity (Wildman–Crippen MR) is 90.1 cm³/mol. The average Bonchev–Trinajstić information content (AvgIpc) is 2.46. The van der Waals surface area contributed by atoms with Gasteiger partial charge in [0.05, 0.1) is 17.9 Å². The maximum atomic E-state index is 10.1. The van der Waals surface area contributed by atoms with Gasteiger partial charge >= 0.3 is 0 Å². The Bertz CT molecular complexity index is 630. The molecule has 0 saturated carbocycles. The quantitative estimate of drug-likeness (QED) is 0.801. The number of benzene rings is 1. The number of ether oxygens (including phenoxy) is 1. The normalized spacial score (nSPS) is 11.5. The third kappa shape index (κ3) is 4.08. The maximum absolute atomic E-state index is 10.1. The average molecular weight is 299 g/mol. The van der Waals surface area contributed by atoms with Crippen LogP contribution < -0.4 is 4.74 Å². The molecule has 1 aromatic heterocycles. The van der Waals surface area contributed by atoms with Crippen LogP contribution in [0.4, 0.5) is 0 Å². The molecule has 1 heterocycles. The lowest BCUT2D eigenvalue weighted by atomic mass is 9.96. The smallest absolute Gasteiger partial charge is 0.119 e. The van der Waals surface area contributed by atoms with Gasteiger partial charge < -0.3 is 9.84 Å². The summed E-state index contributed by atoms with van der Waals surface area (Å²) < 4.78 is 5.75. The standard InChI is InChI=1S/C19H25NO2/c1-5-6-12-22-16-9-7-8-15(13-16)18-11-10-17(14(2)20-18)19(3,4)21/h7-11,13,21H,5-6,12H2,1-4H3. The molecule has 22 heavy (non-hydrogen) atoms. The van der Waals surface area contributed by atoms with Crippen molar-refractivity contribution in [2.75, 3.05) is 6.61 Å². The van der Waals surface area contributed by atoms with E-state index < -0.39 is 5.60 Å². The summed E-state index contributed by atoms with van der Waals surface area (Å²) in [6.45, 7) is 8.37. The van der Waals surface area contributed by atoms with Gasteiger partial charge in [-0.25, -0.2) is 0 Å². The minimum Gasteiger partial charge on any atom is -0.494 e. The lowest BCUT2D eigenvalue weighted by molar-refractivity contribution is 0.0775. The summed E-state index contributed by atoms with van der Waals surface area (Å²) in [5.74, 6) is 0.872. The van der Waals surface area contributed by atoms with Crippen molar-refractivity contribution in [1.82, 2.24) is 4.98 Å². The first kappa shape index (κ1) is 16.5. The third-order valence-corrected chi connectivity index (χ3v) is 3.64. The molecule has 2 rings (SSSR count). The van der Waals surface area contributed by atoms with Crippen LogP contribution in [0.25, 0.3) is 11.3 Å². The topological polar surface area (TPSA) is 42.4 Å². The van der Waals surface area contributed by atoms with E-state index in [0.717, 1.165) is 47.7 Å². The van der Waals surface area contributed by atoms with Crippen molar-refractivity contribution in [2.24, 2.45) is 0 Å². The van der Waals surface area contributed by atoms with Crippen molar-refractivity contribution in [3.05, 3.63) is 47.7 Å².